The van der Waals surface area contributed by atoms with E-state index in [1.54, 1.807) is 24.5 Å². The molecule has 3 N–H and O–H groups in total. The molecule has 1 atom stereocenters. The molecule has 0 radical (unpaired) electrons. The Morgan fingerprint density at radius 2 is 2.06 bits per heavy atom. The summed E-state index contributed by atoms with van der Waals surface area (Å²) in [5, 5.41) is 22.7. The van der Waals surface area contributed by atoms with Crippen LogP contribution in [0.1, 0.15) is 18.5 Å². The third-order valence-corrected chi connectivity index (χ3v) is 2.95. The number of halogens is 1. The summed E-state index contributed by atoms with van der Waals surface area (Å²) in [6.45, 7) is 1.88. The summed E-state index contributed by atoms with van der Waals surface area (Å²) >= 11 is 6.02. The highest BCUT2D eigenvalue weighted by atomic mass is 35.5. The highest BCUT2D eigenvalue weighted by Gasteiger charge is 2.12. The Hall–Kier alpha value is -1.94. The quantitative estimate of drug-likeness (QED) is 0.796. The lowest BCUT2D eigenvalue weighted by molar-refractivity contribution is 0.444. The zero-order valence-corrected chi connectivity index (χ0v) is 10.5. The summed E-state index contributed by atoms with van der Waals surface area (Å²) < 4.78 is 0. The number of phenolic OH excluding ortho intramolecular Hbond substituents is 2. The first-order chi connectivity index (χ1) is 8.58. The lowest BCUT2D eigenvalue weighted by Crippen LogP contribution is -2.07. The van der Waals surface area contributed by atoms with Crippen molar-refractivity contribution in [1.29, 1.82) is 0 Å². The Kier molecular flexibility index (Phi) is 3.58. The SMILES string of the molecule is CC(Nc1cnccc1Cl)c1ccc(O)cc1O. The van der Waals surface area contributed by atoms with E-state index in [0.717, 1.165) is 0 Å². The van der Waals surface area contributed by atoms with E-state index in [1.807, 2.05) is 6.92 Å². The van der Waals surface area contributed by atoms with Gasteiger partial charge in [-0.15, -0.1) is 0 Å². The van der Waals surface area contributed by atoms with Gasteiger partial charge in [-0.05, 0) is 25.1 Å². The number of hydrogen-bond donors (Lipinski definition) is 3. The summed E-state index contributed by atoms with van der Waals surface area (Å²) in [6.07, 6.45) is 3.23. The van der Waals surface area contributed by atoms with Crippen molar-refractivity contribution < 1.29 is 10.2 Å². The fourth-order valence-electron chi connectivity index (χ4n) is 1.69. The Bertz CT molecular complexity index is 560. The van der Waals surface area contributed by atoms with Crippen LogP contribution in [-0.2, 0) is 0 Å². The summed E-state index contributed by atoms with van der Waals surface area (Å²) in [4.78, 5) is 3.98. The minimum atomic E-state index is -0.160. The maximum atomic E-state index is 9.76. The molecule has 4 nitrogen and oxygen atoms in total. The highest BCUT2D eigenvalue weighted by molar-refractivity contribution is 6.33. The summed E-state index contributed by atoms with van der Waals surface area (Å²) in [6, 6.07) is 6.02. The molecule has 2 rings (SSSR count). The van der Waals surface area contributed by atoms with Crippen molar-refractivity contribution in [3.05, 3.63) is 47.2 Å². The van der Waals surface area contributed by atoms with Gasteiger partial charge in [0.1, 0.15) is 11.5 Å². The van der Waals surface area contributed by atoms with Crippen LogP contribution >= 0.6 is 11.6 Å². The van der Waals surface area contributed by atoms with E-state index in [4.69, 9.17) is 11.6 Å². The first-order valence-corrected chi connectivity index (χ1v) is 5.83. The number of benzene rings is 1. The fraction of sp³-hybridized carbons (Fsp3) is 0.154. The van der Waals surface area contributed by atoms with Crippen LogP contribution in [-0.4, -0.2) is 15.2 Å². The average molecular weight is 265 g/mol. The van der Waals surface area contributed by atoms with Gasteiger partial charge in [0.25, 0.3) is 0 Å². The molecule has 0 aliphatic heterocycles. The van der Waals surface area contributed by atoms with Crippen molar-refractivity contribution in [2.75, 3.05) is 5.32 Å². The zero-order chi connectivity index (χ0) is 13.1. The largest absolute Gasteiger partial charge is 0.508 e. The molecule has 5 heteroatoms. The van der Waals surface area contributed by atoms with Crippen LogP contribution in [0.25, 0.3) is 0 Å². The molecular formula is C13H13ClN2O2. The summed E-state index contributed by atoms with van der Waals surface area (Å²) in [7, 11) is 0. The normalized spacial score (nSPS) is 12.1. The average Bonchev–Trinajstić information content (AvgIpc) is 2.32. The zero-order valence-electron chi connectivity index (χ0n) is 9.76. The Morgan fingerprint density at radius 3 is 2.72 bits per heavy atom. The van der Waals surface area contributed by atoms with Crippen molar-refractivity contribution in [2.24, 2.45) is 0 Å². The molecule has 1 aromatic heterocycles. The van der Waals surface area contributed by atoms with Gasteiger partial charge in [-0.2, -0.15) is 0 Å². The van der Waals surface area contributed by atoms with E-state index in [1.165, 1.54) is 12.1 Å². The Balaban J connectivity index is 2.22. The number of hydrogen-bond acceptors (Lipinski definition) is 4. The third-order valence-electron chi connectivity index (χ3n) is 2.62. The molecule has 1 aromatic carbocycles. The lowest BCUT2D eigenvalue weighted by Gasteiger charge is -2.17. The number of aromatic nitrogens is 1. The van der Waals surface area contributed by atoms with Crippen LogP contribution < -0.4 is 5.32 Å². The number of nitrogens with one attached hydrogen (secondary N) is 1. The van der Waals surface area contributed by atoms with Crippen LogP contribution in [0.3, 0.4) is 0 Å². The number of phenols is 2. The number of anilines is 1. The number of pyridine rings is 1. The summed E-state index contributed by atoms with van der Waals surface area (Å²) in [5.41, 5.74) is 1.37. The molecule has 0 saturated heterocycles. The molecule has 0 aliphatic rings. The molecule has 0 amide bonds. The van der Waals surface area contributed by atoms with Crippen LogP contribution in [0.15, 0.2) is 36.7 Å². The van der Waals surface area contributed by atoms with Gasteiger partial charge in [0.15, 0.2) is 0 Å². The van der Waals surface area contributed by atoms with E-state index < -0.39 is 0 Å². The standard InChI is InChI=1S/C13H13ClN2O2/c1-8(10-3-2-9(17)6-13(10)18)16-12-7-15-5-4-11(12)14/h2-8,16-18H,1H3. The van der Waals surface area contributed by atoms with Crippen molar-refractivity contribution >= 4 is 17.3 Å². The van der Waals surface area contributed by atoms with Gasteiger partial charge < -0.3 is 15.5 Å². The first kappa shape index (κ1) is 12.5. The topological polar surface area (TPSA) is 65.4 Å². The van der Waals surface area contributed by atoms with Crippen molar-refractivity contribution in [2.45, 2.75) is 13.0 Å². The highest BCUT2D eigenvalue weighted by Crippen LogP contribution is 2.31. The minimum Gasteiger partial charge on any atom is -0.508 e. The second kappa shape index (κ2) is 5.14. The van der Waals surface area contributed by atoms with Gasteiger partial charge >= 0.3 is 0 Å². The van der Waals surface area contributed by atoms with E-state index in [-0.39, 0.29) is 17.5 Å². The molecular weight excluding hydrogens is 252 g/mol. The Morgan fingerprint density at radius 1 is 1.28 bits per heavy atom. The lowest BCUT2D eigenvalue weighted by atomic mass is 10.1. The molecule has 1 heterocycles. The molecule has 0 bridgehead atoms. The van der Waals surface area contributed by atoms with Gasteiger partial charge in [-0.25, -0.2) is 0 Å². The predicted molar refractivity (Wildman–Crippen MR) is 71.1 cm³/mol. The molecule has 0 fully saturated rings. The molecule has 0 spiro atoms. The van der Waals surface area contributed by atoms with E-state index in [9.17, 15) is 10.2 Å². The van der Waals surface area contributed by atoms with Crippen LogP contribution in [0.5, 0.6) is 11.5 Å². The Labute approximate surface area is 110 Å². The predicted octanol–water partition coefficient (Wildman–Crippen LogP) is 3.32. The molecule has 18 heavy (non-hydrogen) atoms. The van der Waals surface area contributed by atoms with Gasteiger partial charge in [0.05, 0.1) is 22.9 Å². The molecule has 0 aliphatic carbocycles. The fourth-order valence-corrected chi connectivity index (χ4v) is 1.85. The third kappa shape index (κ3) is 2.65. The molecule has 94 valence electrons. The second-order valence-corrected chi connectivity index (χ2v) is 4.37. The van der Waals surface area contributed by atoms with Crippen LogP contribution in [0.2, 0.25) is 5.02 Å². The van der Waals surface area contributed by atoms with Gasteiger partial charge in [-0.3, -0.25) is 4.98 Å². The van der Waals surface area contributed by atoms with E-state index >= 15 is 0 Å². The van der Waals surface area contributed by atoms with Gasteiger partial charge in [-0.1, -0.05) is 11.6 Å². The smallest absolute Gasteiger partial charge is 0.124 e. The van der Waals surface area contributed by atoms with Crippen LogP contribution in [0, 0.1) is 0 Å². The van der Waals surface area contributed by atoms with Gasteiger partial charge in [0.2, 0.25) is 0 Å². The first-order valence-electron chi connectivity index (χ1n) is 5.46. The molecule has 0 saturated carbocycles. The maximum Gasteiger partial charge on any atom is 0.124 e. The van der Waals surface area contributed by atoms with Crippen molar-refractivity contribution in [1.82, 2.24) is 4.98 Å². The van der Waals surface area contributed by atoms with Crippen LogP contribution in [0.4, 0.5) is 5.69 Å². The summed E-state index contributed by atoms with van der Waals surface area (Å²) in [5.74, 6) is 0.0675. The van der Waals surface area contributed by atoms with Gasteiger partial charge in [0, 0.05) is 17.8 Å². The van der Waals surface area contributed by atoms with Crippen molar-refractivity contribution in [3.8, 4) is 11.5 Å². The number of rotatable bonds is 3. The van der Waals surface area contributed by atoms with E-state index in [2.05, 4.69) is 10.3 Å². The number of aromatic hydroxyl groups is 2. The van der Waals surface area contributed by atoms with E-state index in [0.29, 0.717) is 16.3 Å². The second-order valence-electron chi connectivity index (χ2n) is 3.96. The van der Waals surface area contributed by atoms with Crippen molar-refractivity contribution in [3.63, 3.8) is 0 Å². The monoisotopic (exact) mass is 264 g/mol. The number of nitrogens with zero attached hydrogens (tertiary/aromatic N) is 1. The minimum absolute atomic E-state index is 0.0304. The maximum absolute atomic E-state index is 9.76. The molecule has 1 unspecified atom stereocenters. The molecule has 2 aromatic rings.